The molecule has 0 fully saturated rings. The van der Waals surface area contributed by atoms with E-state index in [-0.39, 0.29) is 19.5 Å². The zero-order valence-corrected chi connectivity index (χ0v) is 21.4. The van der Waals surface area contributed by atoms with Gasteiger partial charge < -0.3 is 4.98 Å². The third-order valence-corrected chi connectivity index (χ3v) is 5.27. The molecule has 0 spiro atoms. The first kappa shape index (κ1) is 25.7. The molecule has 0 saturated heterocycles. The van der Waals surface area contributed by atoms with Gasteiger partial charge >= 0.3 is 0 Å². The predicted molar refractivity (Wildman–Crippen MR) is 142 cm³/mol. The van der Waals surface area contributed by atoms with E-state index in [0.29, 0.717) is 0 Å². The van der Waals surface area contributed by atoms with Crippen LogP contribution in [0.4, 0.5) is 0 Å². The molecule has 6 aromatic rings. The number of aromatic nitrogens is 5. The average Bonchev–Trinajstić information content (AvgIpc) is 2.99. The Bertz CT molecular complexity index is 1390. The summed E-state index contributed by atoms with van der Waals surface area (Å²) in [5, 5.41) is 0. The van der Waals surface area contributed by atoms with E-state index in [9.17, 15) is 0 Å². The number of hydrogen-bond donors (Lipinski definition) is 0. The van der Waals surface area contributed by atoms with Crippen LogP contribution >= 0.6 is 0 Å². The molecule has 0 N–H and O–H groups in total. The summed E-state index contributed by atoms with van der Waals surface area (Å²) in [4.78, 5) is 22.3. The maximum atomic E-state index is 4.70. The van der Waals surface area contributed by atoms with Crippen LogP contribution in [0.3, 0.4) is 0 Å². The first-order chi connectivity index (χ1) is 17.9. The fourth-order valence-corrected chi connectivity index (χ4v) is 3.54. The first-order valence-electron chi connectivity index (χ1n) is 11.5. The maximum absolute atomic E-state index is 4.70. The number of rotatable bonds is 4. The third kappa shape index (κ3) is 6.84. The van der Waals surface area contributed by atoms with Crippen LogP contribution in [0.5, 0.6) is 0 Å². The SMILES string of the molecule is [Rh].[c-]1ccccc1-c1ccccn1.c1ccc(-c2cccc(-c3cccc(-c4ccccn4)n3)n2)nc1. The molecule has 5 heterocycles. The van der Waals surface area contributed by atoms with Crippen molar-refractivity contribution in [2.24, 2.45) is 0 Å². The van der Waals surface area contributed by atoms with Gasteiger partial charge in [-0.15, -0.1) is 35.9 Å². The second kappa shape index (κ2) is 13.1. The standard InChI is InChI=1S/C20H14N4.C11H8N.Rh/c1-3-13-21-15(7-1)17-9-5-11-19(23-17)20-12-6-10-18(24-20)16-8-2-4-14-22-16;1-2-6-10(7-3-1)11-8-4-5-9-12-11;/h1-14H;1-6,8-9H;/q;-1;. The molecule has 6 heteroatoms. The summed E-state index contributed by atoms with van der Waals surface area (Å²) in [5.41, 5.74) is 7.00. The summed E-state index contributed by atoms with van der Waals surface area (Å²) in [6.07, 6.45) is 5.32. The van der Waals surface area contributed by atoms with Crippen molar-refractivity contribution >= 4 is 0 Å². The molecule has 6 rings (SSSR count). The van der Waals surface area contributed by atoms with Gasteiger partial charge in [-0.2, -0.15) is 0 Å². The van der Waals surface area contributed by atoms with E-state index >= 15 is 0 Å². The summed E-state index contributed by atoms with van der Waals surface area (Å²) in [7, 11) is 0. The minimum absolute atomic E-state index is 0. The van der Waals surface area contributed by atoms with Gasteiger partial charge in [-0.25, -0.2) is 9.97 Å². The number of nitrogens with zero attached hydrogens (tertiary/aromatic N) is 5. The maximum Gasteiger partial charge on any atom is 0.0894 e. The van der Waals surface area contributed by atoms with E-state index < -0.39 is 0 Å². The number of benzene rings is 1. The molecular weight excluding hydrogens is 545 g/mol. The molecule has 5 nitrogen and oxygen atoms in total. The van der Waals surface area contributed by atoms with Gasteiger partial charge in [-0.05, 0) is 60.3 Å². The Morgan fingerprint density at radius 2 is 0.784 bits per heavy atom. The Labute approximate surface area is 229 Å². The van der Waals surface area contributed by atoms with Crippen LogP contribution < -0.4 is 0 Å². The molecule has 0 aliphatic rings. The molecule has 0 unspecified atom stereocenters. The van der Waals surface area contributed by atoms with Gasteiger partial charge in [0.2, 0.25) is 0 Å². The van der Waals surface area contributed by atoms with E-state index in [0.717, 1.165) is 45.4 Å². The van der Waals surface area contributed by atoms with Gasteiger partial charge in [-0.3, -0.25) is 9.97 Å². The third-order valence-electron chi connectivity index (χ3n) is 5.27. The van der Waals surface area contributed by atoms with Crippen LogP contribution in [0.15, 0.2) is 134 Å². The Balaban J connectivity index is 0.000000208. The van der Waals surface area contributed by atoms with Crippen LogP contribution in [0.1, 0.15) is 0 Å². The second-order valence-corrected chi connectivity index (χ2v) is 7.74. The average molecular weight is 567 g/mol. The Morgan fingerprint density at radius 3 is 1.19 bits per heavy atom. The molecular formula is C31H22N5Rh-. The topological polar surface area (TPSA) is 64.5 Å². The minimum Gasteiger partial charge on any atom is -0.305 e. The zero-order chi connectivity index (χ0) is 24.4. The van der Waals surface area contributed by atoms with Crippen LogP contribution in [0.2, 0.25) is 0 Å². The van der Waals surface area contributed by atoms with Crippen LogP contribution in [-0.2, 0) is 19.5 Å². The second-order valence-electron chi connectivity index (χ2n) is 7.74. The summed E-state index contributed by atoms with van der Waals surface area (Å²) >= 11 is 0. The van der Waals surface area contributed by atoms with E-state index in [1.165, 1.54) is 0 Å². The molecule has 0 saturated carbocycles. The van der Waals surface area contributed by atoms with Crippen molar-refractivity contribution in [3.63, 3.8) is 0 Å². The van der Waals surface area contributed by atoms with Gasteiger partial charge in [0.05, 0.1) is 34.2 Å². The van der Waals surface area contributed by atoms with Gasteiger partial charge in [0, 0.05) is 38.1 Å². The minimum atomic E-state index is 0. The quantitative estimate of drug-likeness (QED) is 0.173. The van der Waals surface area contributed by atoms with E-state index in [4.69, 9.17) is 9.97 Å². The fraction of sp³-hybridized carbons (Fsp3) is 0. The van der Waals surface area contributed by atoms with Crippen LogP contribution in [-0.4, -0.2) is 24.9 Å². The van der Waals surface area contributed by atoms with Crippen molar-refractivity contribution in [3.05, 3.63) is 140 Å². The van der Waals surface area contributed by atoms with Crippen molar-refractivity contribution in [2.75, 3.05) is 0 Å². The molecule has 1 radical (unpaired) electrons. The van der Waals surface area contributed by atoms with Crippen molar-refractivity contribution in [1.29, 1.82) is 0 Å². The molecule has 1 aromatic carbocycles. The Morgan fingerprint density at radius 1 is 0.378 bits per heavy atom. The summed E-state index contributed by atoms with van der Waals surface area (Å²) in [6, 6.07) is 40.2. The molecule has 0 aliphatic carbocycles. The number of hydrogen-bond acceptors (Lipinski definition) is 5. The van der Waals surface area contributed by atoms with Gasteiger partial charge in [0.25, 0.3) is 0 Å². The summed E-state index contributed by atoms with van der Waals surface area (Å²) in [5.74, 6) is 0. The Hall–Kier alpha value is -4.41. The normalized spacial score (nSPS) is 9.95. The molecule has 5 aromatic heterocycles. The molecule has 0 bridgehead atoms. The van der Waals surface area contributed by atoms with E-state index in [1.54, 1.807) is 18.6 Å². The van der Waals surface area contributed by atoms with E-state index in [2.05, 4.69) is 21.0 Å². The molecule has 0 atom stereocenters. The van der Waals surface area contributed by atoms with Gasteiger partial charge in [0.15, 0.2) is 0 Å². The molecule has 181 valence electrons. The van der Waals surface area contributed by atoms with Crippen LogP contribution in [0.25, 0.3) is 45.4 Å². The van der Waals surface area contributed by atoms with Crippen LogP contribution in [0, 0.1) is 6.07 Å². The molecule has 37 heavy (non-hydrogen) atoms. The van der Waals surface area contributed by atoms with Crippen molar-refractivity contribution in [2.45, 2.75) is 0 Å². The summed E-state index contributed by atoms with van der Waals surface area (Å²) in [6.45, 7) is 0. The van der Waals surface area contributed by atoms with E-state index in [1.807, 2.05) is 115 Å². The molecule has 0 aliphatic heterocycles. The first-order valence-corrected chi connectivity index (χ1v) is 11.5. The van der Waals surface area contributed by atoms with Crippen molar-refractivity contribution in [3.8, 4) is 45.4 Å². The fourth-order valence-electron chi connectivity index (χ4n) is 3.54. The van der Waals surface area contributed by atoms with Gasteiger partial charge in [0.1, 0.15) is 0 Å². The largest absolute Gasteiger partial charge is 0.305 e. The molecule has 0 amide bonds. The smallest absolute Gasteiger partial charge is 0.0894 e. The Kier molecular flexibility index (Phi) is 9.06. The monoisotopic (exact) mass is 567 g/mol. The summed E-state index contributed by atoms with van der Waals surface area (Å²) < 4.78 is 0. The van der Waals surface area contributed by atoms with Crippen molar-refractivity contribution < 1.29 is 19.5 Å². The number of pyridine rings is 5. The van der Waals surface area contributed by atoms with Crippen molar-refractivity contribution in [1.82, 2.24) is 24.9 Å². The van der Waals surface area contributed by atoms with Gasteiger partial charge in [-0.1, -0.05) is 36.4 Å². The zero-order valence-electron chi connectivity index (χ0n) is 19.8. The predicted octanol–water partition coefficient (Wildman–Crippen LogP) is 6.81.